The lowest BCUT2D eigenvalue weighted by molar-refractivity contribution is -0.0525. The Bertz CT molecular complexity index is 301. The van der Waals surface area contributed by atoms with E-state index in [1.807, 2.05) is 18.2 Å². The first-order chi connectivity index (χ1) is 6.40. The standard InChI is InChI=1S/C12H17OSi/c1-9(13-12(2,3)4)10-7-5-6-8-11(10)14/h5-9H,1-4H3. The fourth-order valence-electron chi connectivity index (χ4n) is 1.45. The van der Waals surface area contributed by atoms with Crippen molar-refractivity contribution in [3.8, 4) is 0 Å². The second kappa shape index (κ2) is 4.28. The highest BCUT2D eigenvalue weighted by molar-refractivity contribution is 6.33. The second-order valence-corrected chi connectivity index (χ2v) is 5.00. The van der Waals surface area contributed by atoms with Gasteiger partial charge in [0.1, 0.15) is 0 Å². The molecule has 0 heterocycles. The third kappa shape index (κ3) is 3.27. The van der Waals surface area contributed by atoms with Crippen molar-refractivity contribution in [3.63, 3.8) is 0 Å². The van der Waals surface area contributed by atoms with Gasteiger partial charge < -0.3 is 4.74 Å². The Morgan fingerprint density at radius 1 is 1.21 bits per heavy atom. The van der Waals surface area contributed by atoms with Crippen molar-refractivity contribution in [1.82, 2.24) is 0 Å². The summed E-state index contributed by atoms with van der Waals surface area (Å²) in [5, 5.41) is 1.10. The van der Waals surface area contributed by atoms with Crippen LogP contribution in [0.2, 0.25) is 0 Å². The largest absolute Gasteiger partial charge is 0.368 e. The summed E-state index contributed by atoms with van der Waals surface area (Å²) < 4.78 is 5.87. The quantitative estimate of drug-likeness (QED) is 0.674. The summed E-state index contributed by atoms with van der Waals surface area (Å²) in [6, 6.07) is 8.16. The zero-order valence-corrected chi connectivity index (χ0v) is 10.3. The minimum Gasteiger partial charge on any atom is -0.368 e. The van der Waals surface area contributed by atoms with E-state index in [4.69, 9.17) is 4.74 Å². The van der Waals surface area contributed by atoms with Crippen LogP contribution in [0.15, 0.2) is 24.3 Å². The summed E-state index contributed by atoms with van der Waals surface area (Å²) >= 11 is 0. The Kier molecular flexibility index (Phi) is 3.51. The van der Waals surface area contributed by atoms with Gasteiger partial charge in [0.2, 0.25) is 0 Å². The van der Waals surface area contributed by atoms with Crippen LogP contribution in [-0.2, 0) is 4.74 Å². The molecule has 0 saturated carbocycles. The molecule has 1 rings (SSSR count). The van der Waals surface area contributed by atoms with Crippen LogP contribution in [-0.4, -0.2) is 15.8 Å². The van der Waals surface area contributed by atoms with Gasteiger partial charge in [-0.1, -0.05) is 29.5 Å². The minimum atomic E-state index is -0.103. The van der Waals surface area contributed by atoms with Gasteiger partial charge in [-0.25, -0.2) is 0 Å². The van der Waals surface area contributed by atoms with Crippen molar-refractivity contribution in [2.45, 2.75) is 39.4 Å². The number of hydrogen-bond acceptors (Lipinski definition) is 1. The smallest absolute Gasteiger partial charge is 0.0802 e. The van der Waals surface area contributed by atoms with E-state index in [9.17, 15) is 0 Å². The van der Waals surface area contributed by atoms with E-state index in [-0.39, 0.29) is 11.7 Å². The topological polar surface area (TPSA) is 9.23 Å². The molecule has 0 N–H and O–H groups in total. The monoisotopic (exact) mass is 205 g/mol. The Balaban J connectivity index is 2.80. The van der Waals surface area contributed by atoms with Crippen LogP contribution in [0.25, 0.3) is 0 Å². The third-order valence-corrected chi connectivity index (χ3v) is 2.38. The maximum Gasteiger partial charge on any atom is 0.0802 e. The number of benzene rings is 1. The van der Waals surface area contributed by atoms with Crippen molar-refractivity contribution in [1.29, 1.82) is 0 Å². The van der Waals surface area contributed by atoms with E-state index >= 15 is 0 Å². The Hall–Kier alpha value is -0.603. The van der Waals surface area contributed by atoms with Crippen LogP contribution in [0.1, 0.15) is 39.4 Å². The molecule has 1 unspecified atom stereocenters. The summed E-state index contributed by atoms with van der Waals surface area (Å²) in [5.41, 5.74) is 1.09. The van der Waals surface area contributed by atoms with Crippen LogP contribution in [0.4, 0.5) is 0 Å². The van der Waals surface area contributed by atoms with Gasteiger partial charge in [-0.2, -0.15) is 0 Å². The maximum atomic E-state index is 5.87. The van der Waals surface area contributed by atoms with Gasteiger partial charge in [-0.05, 0) is 33.3 Å². The molecule has 0 bridgehead atoms. The van der Waals surface area contributed by atoms with Crippen molar-refractivity contribution < 1.29 is 4.74 Å². The zero-order valence-electron chi connectivity index (χ0n) is 9.29. The lowest BCUT2D eigenvalue weighted by Gasteiger charge is -2.26. The Morgan fingerprint density at radius 2 is 1.79 bits per heavy atom. The molecule has 14 heavy (non-hydrogen) atoms. The average Bonchev–Trinajstić information content (AvgIpc) is 2.01. The normalized spacial score (nSPS) is 14.1. The Morgan fingerprint density at radius 3 is 2.29 bits per heavy atom. The average molecular weight is 205 g/mol. The molecule has 0 amide bonds. The van der Waals surface area contributed by atoms with Crippen LogP contribution in [0.5, 0.6) is 0 Å². The van der Waals surface area contributed by atoms with Crippen molar-refractivity contribution in [3.05, 3.63) is 29.8 Å². The van der Waals surface area contributed by atoms with Crippen LogP contribution >= 0.6 is 0 Å². The first-order valence-corrected chi connectivity index (χ1v) is 5.38. The molecular weight excluding hydrogens is 188 g/mol. The predicted molar refractivity (Wildman–Crippen MR) is 61.1 cm³/mol. The van der Waals surface area contributed by atoms with Gasteiger partial charge in [0, 0.05) is 0 Å². The van der Waals surface area contributed by atoms with E-state index in [2.05, 4.69) is 44.0 Å². The predicted octanol–water partition coefficient (Wildman–Crippen LogP) is 2.36. The molecule has 1 atom stereocenters. The van der Waals surface area contributed by atoms with E-state index in [1.54, 1.807) is 0 Å². The van der Waals surface area contributed by atoms with Crippen LogP contribution in [0, 0.1) is 0 Å². The summed E-state index contributed by atoms with van der Waals surface area (Å²) in [4.78, 5) is 0. The van der Waals surface area contributed by atoms with E-state index in [1.165, 1.54) is 5.56 Å². The van der Waals surface area contributed by atoms with Crippen molar-refractivity contribution in [2.24, 2.45) is 0 Å². The molecule has 0 aliphatic heterocycles. The molecule has 2 heteroatoms. The molecule has 3 radical (unpaired) electrons. The van der Waals surface area contributed by atoms with Crippen molar-refractivity contribution >= 4 is 15.4 Å². The van der Waals surface area contributed by atoms with Crippen molar-refractivity contribution in [2.75, 3.05) is 0 Å². The third-order valence-electron chi connectivity index (χ3n) is 1.93. The SMILES string of the molecule is CC(OC(C)(C)C)c1ccccc1[Si]. The van der Waals surface area contributed by atoms with E-state index < -0.39 is 0 Å². The molecule has 0 aliphatic carbocycles. The molecule has 75 valence electrons. The lowest BCUT2D eigenvalue weighted by Crippen LogP contribution is -2.24. The number of ether oxygens (including phenoxy) is 1. The summed E-state index contributed by atoms with van der Waals surface area (Å²) in [5.74, 6) is 0. The second-order valence-electron chi connectivity index (χ2n) is 4.46. The van der Waals surface area contributed by atoms with Gasteiger partial charge in [0.15, 0.2) is 0 Å². The lowest BCUT2D eigenvalue weighted by atomic mass is 10.1. The zero-order chi connectivity index (χ0) is 10.8. The Labute approximate surface area is 89.9 Å². The molecule has 0 spiro atoms. The summed E-state index contributed by atoms with van der Waals surface area (Å²) in [6.45, 7) is 8.28. The fourth-order valence-corrected chi connectivity index (χ4v) is 1.83. The maximum absolute atomic E-state index is 5.87. The van der Waals surface area contributed by atoms with E-state index in [0.717, 1.165) is 5.19 Å². The molecule has 0 aliphatic rings. The molecule has 0 saturated heterocycles. The highest BCUT2D eigenvalue weighted by atomic mass is 28.1. The fraction of sp³-hybridized carbons (Fsp3) is 0.500. The molecular formula is C12H17OSi. The highest BCUT2D eigenvalue weighted by Gasteiger charge is 2.17. The number of rotatable bonds is 2. The van der Waals surface area contributed by atoms with Gasteiger partial charge in [0.25, 0.3) is 0 Å². The van der Waals surface area contributed by atoms with Gasteiger partial charge in [-0.3, -0.25) is 0 Å². The van der Waals surface area contributed by atoms with Gasteiger partial charge in [0.05, 0.1) is 21.9 Å². The van der Waals surface area contributed by atoms with Crippen LogP contribution in [0.3, 0.4) is 0 Å². The summed E-state index contributed by atoms with van der Waals surface area (Å²) in [6.07, 6.45) is 0.115. The minimum absolute atomic E-state index is 0.103. The molecule has 1 aromatic carbocycles. The molecule has 1 aromatic rings. The molecule has 0 aromatic heterocycles. The summed E-state index contributed by atoms with van der Waals surface area (Å²) in [7, 11) is 3.58. The first kappa shape index (κ1) is 11.5. The van der Waals surface area contributed by atoms with Crippen LogP contribution < -0.4 is 5.19 Å². The van der Waals surface area contributed by atoms with E-state index in [0.29, 0.717) is 0 Å². The molecule has 0 fully saturated rings. The highest BCUT2D eigenvalue weighted by Crippen LogP contribution is 2.21. The molecule has 1 nitrogen and oxygen atoms in total. The number of hydrogen-bond donors (Lipinski definition) is 0. The van der Waals surface area contributed by atoms with Gasteiger partial charge >= 0.3 is 0 Å². The van der Waals surface area contributed by atoms with Gasteiger partial charge in [-0.15, -0.1) is 0 Å². The first-order valence-electron chi connectivity index (χ1n) is 4.88.